The average molecular weight is 437 g/mol. The number of fused-ring (bicyclic) bond motifs is 1. The minimum Gasteiger partial charge on any atom is -0.508 e. The van der Waals surface area contributed by atoms with Crippen LogP contribution in [0.4, 0.5) is 11.4 Å². The number of aryl methyl sites for hydroxylation is 1. The summed E-state index contributed by atoms with van der Waals surface area (Å²) in [5.74, 6) is 0.285. The number of benzene rings is 1. The number of aromatic hydroxyl groups is 1. The zero-order chi connectivity index (χ0) is 23.3. The number of aromatic nitrogens is 2. The van der Waals surface area contributed by atoms with Gasteiger partial charge in [-0.2, -0.15) is 0 Å². The van der Waals surface area contributed by atoms with Gasteiger partial charge in [0.1, 0.15) is 11.4 Å². The summed E-state index contributed by atoms with van der Waals surface area (Å²) in [5, 5.41) is 14.1. The van der Waals surface area contributed by atoms with Crippen LogP contribution in [0.25, 0.3) is 16.6 Å². The fourth-order valence-corrected chi connectivity index (χ4v) is 3.22. The van der Waals surface area contributed by atoms with Crippen molar-refractivity contribution in [2.45, 2.75) is 39.7 Å². The molecule has 4 rings (SSSR count). The van der Waals surface area contributed by atoms with Crippen molar-refractivity contribution in [3.8, 4) is 5.75 Å². The number of H-pyrrole nitrogens is 1. The Hall–Kier alpha value is -3.32. The van der Waals surface area contributed by atoms with Gasteiger partial charge in [0, 0.05) is 43.2 Å². The first-order valence-electron chi connectivity index (χ1n) is 10.7. The molecule has 0 bridgehead atoms. The molecule has 7 nitrogen and oxygen atoms in total. The number of pyridine rings is 1. The highest BCUT2D eigenvalue weighted by Gasteiger charge is 2.15. The number of aromatic amines is 1. The zero-order valence-corrected chi connectivity index (χ0v) is 19.4. The van der Waals surface area contributed by atoms with Gasteiger partial charge in [-0.25, -0.2) is 4.98 Å². The first-order valence-corrected chi connectivity index (χ1v) is 10.7. The van der Waals surface area contributed by atoms with Gasteiger partial charge in [-0.05, 0) is 75.6 Å². The van der Waals surface area contributed by atoms with E-state index in [9.17, 15) is 9.90 Å². The van der Waals surface area contributed by atoms with Gasteiger partial charge in [0.2, 0.25) is 6.41 Å². The van der Waals surface area contributed by atoms with Crippen LogP contribution in [-0.2, 0) is 9.53 Å². The monoisotopic (exact) mass is 436 g/mol. The van der Waals surface area contributed by atoms with Crippen LogP contribution in [0, 0.1) is 6.92 Å². The number of phenols is 1. The molecule has 0 unspecified atom stereocenters. The number of carbonyl (C=O) groups is 1. The Bertz CT molecular complexity index is 1110. The highest BCUT2D eigenvalue weighted by Crippen LogP contribution is 2.31. The van der Waals surface area contributed by atoms with E-state index in [-0.39, 0.29) is 11.4 Å². The van der Waals surface area contributed by atoms with E-state index >= 15 is 0 Å². The van der Waals surface area contributed by atoms with Crippen LogP contribution in [0.5, 0.6) is 5.75 Å². The summed E-state index contributed by atoms with van der Waals surface area (Å²) in [4.78, 5) is 20.4. The standard InChI is InChI=1S/C20H20N4O2.C5H12O/c1-13-10-15(2-3-19(13)26)22-17-4-7-21-20-16(17)11-18(23-20)14-5-8-24(12-25)9-6-14;1-5(2,3)6-4/h2-5,7,10-12,26H,6,8-9H2,1H3,(H2,21,22,23);1-4H3. The molecular formula is C25H32N4O3. The Morgan fingerprint density at radius 2 is 2.00 bits per heavy atom. The van der Waals surface area contributed by atoms with Crippen molar-refractivity contribution in [2.24, 2.45) is 0 Å². The molecule has 7 heteroatoms. The number of phenolic OH excluding ortho intramolecular Hbond substituents is 1. The van der Waals surface area contributed by atoms with Gasteiger partial charge in [-0.3, -0.25) is 4.79 Å². The van der Waals surface area contributed by atoms with Gasteiger partial charge in [-0.15, -0.1) is 0 Å². The molecule has 0 atom stereocenters. The van der Waals surface area contributed by atoms with Crippen LogP contribution < -0.4 is 5.32 Å². The Balaban J connectivity index is 0.000000427. The molecule has 1 aliphatic rings. The van der Waals surface area contributed by atoms with E-state index in [4.69, 9.17) is 4.74 Å². The summed E-state index contributed by atoms with van der Waals surface area (Å²) in [7, 11) is 1.71. The lowest BCUT2D eigenvalue weighted by atomic mass is 10.1. The van der Waals surface area contributed by atoms with E-state index in [1.54, 1.807) is 24.3 Å². The average Bonchev–Trinajstić information content (AvgIpc) is 3.22. The molecule has 0 saturated heterocycles. The molecule has 170 valence electrons. The lowest BCUT2D eigenvalue weighted by Crippen LogP contribution is -2.26. The number of methoxy groups -OCH3 is 1. The normalized spacial score (nSPS) is 13.9. The molecule has 3 heterocycles. The van der Waals surface area contributed by atoms with E-state index < -0.39 is 0 Å². The van der Waals surface area contributed by atoms with E-state index in [1.165, 1.54) is 5.57 Å². The summed E-state index contributed by atoms with van der Waals surface area (Å²) in [6.45, 7) is 9.30. The number of amides is 1. The van der Waals surface area contributed by atoms with E-state index in [1.807, 2.05) is 45.9 Å². The Kier molecular flexibility index (Phi) is 7.20. The molecule has 1 aliphatic heterocycles. The number of hydrogen-bond acceptors (Lipinski definition) is 5. The van der Waals surface area contributed by atoms with E-state index in [0.717, 1.165) is 53.0 Å². The minimum absolute atomic E-state index is 0.0417. The third-order valence-corrected chi connectivity index (χ3v) is 5.36. The topological polar surface area (TPSA) is 90.5 Å². The van der Waals surface area contributed by atoms with Gasteiger partial charge in [0.05, 0.1) is 11.3 Å². The van der Waals surface area contributed by atoms with Crippen LogP contribution in [0.15, 0.2) is 42.6 Å². The fraction of sp³-hybridized carbons (Fsp3) is 0.360. The molecule has 32 heavy (non-hydrogen) atoms. The second-order valence-electron chi connectivity index (χ2n) is 8.83. The summed E-state index contributed by atoms with van der Waals surface area (Å²) < 4.78 is 4.94. The first-order chi connectivity index (χ1) is 15.2. The smallest absolute Gasteiger partial charge is 0.209 e. The first kappa shape index (κ1) is 23.3. The van der Waals surface area contributed by atoms with Gasteiger partial charge in [-0.1, -0.05) is 6.08 Å². The van der Waals surface area contributed by atoms with Crippen molar-refractivity contribution in [1.82, 2.24) is 14.9 Å². The van der Waals surface area contributed by atoms with E-state index in [0.29, 0.717) is 6.54 Å². The van der Waals surface area contributed by atoms with Gasteiger partial charge >= 0.3 is 0 Å². The Morgan fingerprint density at radius 1 is 1.25 bits per heavy atom. The maximum Gasteiger partial charge on any atom is 0.209 e. The number of ether oxygens (including phenoxy) is 1. The Morgan fingerprint density at radius 3 is 2.59 bits per heavy atom. The lowest BCUT2D eigenvalue weighted by Gasteiger charge is -2.21. The minimum atomic E-state index is 0.0417. The van der Waals surface area contributed by atoms with Crippen molar-refractivity contribution in [1.29, 1.82) is 0 Å². The van der Waals surface area contributed by atoms with Crippen LogP contribution >= 0.6 is 0 Å². The molecule has 1 aromatic carbocycles. The largest absolute Gasteiger partial charge is 0.508 e. The molecule has 1 amide bonds. The highest BCUT2D eigenvalue weighted by atomic mass is 16.5. The Labute approximate surface area is 189 Å². The maximum atomic E-state index is 10.9. The van der Waals surface area contributed by atoms with Crippen LogP contribution in [0.3, 0.4) is 0 Å². The summed E-state index contributed by atoms with van der Waals surface area (Å²) >= 11 is 0. The molecule has 2 aromatic heterocycles. The molecule has 0 fully saturated rings. The quantitative estimate of drug-likeness (QED) is 0.396. The van der Waals surface area contributed by atoms with Gasteiger partial charge in [0.15, 0.2) is 0 Å². The van der Waals surface area contributed by atoms with Gasteiger partial charge < -0.3 is 25.0 Å². The van der Waals surface area contributed by atoms with Crippen molar-refractivity contribution < 1.29 is 14.6 Å². The number of anilines is 2. The SMILES string of the molecule is COC(C)(C)C.Cc1cc(Nc2ccnc3[nH]c(C4=CCN(C=O)CC4)cc23)ccc1O. The second-order valence-corrected chi connectivity index (χ2v) is 8.83. The van der Waals surface area contributed by atoms with Crippen LogP contribution in [-0.4, -0.2) is 52.2 Å². The number of hydrogen-bond donors (Lipinski definition) is 3. The predicted octanol–water partition coefficient (Wildman–Crippen LogP) is 5.00. The summed E-state index contributed by atoms with van der Waals surface area (Å²) in [5.41, 5.74) is 5.78. The molecule has 0 aliphatic carbocycles. The third kappa shape index (κ3) is 5.88. The number of carbonyl (C=O) groups excluding carboxylic acids is 1. The maximum absolute atomic E-state index is 10.9. The molecule has 3 aromatic rings. The fourth-order valence-electron chi connectivity index (χ4n) is 3.22. The number of nitrogens with zero attached hydrogens (tertiary/aromatic N) is 2. The molecule has 0 saturated carbocycles. The third-order valence-electron chi connectivity index (χ3n) is 5.36. The predicted molar refractivity (Wildman–Crippen MR) is 129 cm³/mol. The van der Waals surface area contributed by atoms with Crippen molar-refractivity contribution in [3.05, 3.63) is 53.9 Å². The van der Waals surface area contributed by atoms with Crippen LogP contribution in [0.1, 0.15) is 38.4 Å². The number of nitrogens with one attached hydrogen (secondary N) is 2. The highest BCUT2D eigenvalue weighted by molar-refractivity contribution is 5.94. The van der Waals surface area contributed by atoms with Crippen molar-refractivity contribution in [2.75, 3.05) is 25.5 Å². The molecule has 0 spiro atoms. The molecule has 0 radical (unpaired) electrons. The molecule has 3 N–H and O–H groups in total. The van der Waals surface area contributed by atoms with Crippen molar-refractivity contribution >= 4 is 34.4 Å². The summed E-state index contributed by atoms with van der Waals surface area (Å²) in [6.07, 6.45) is 5.56. The molecular weight excluding hydrogens is 404 g/mol. The number of rotatable bonds is 4. The lowest BCUT2D eigenvalue weighted by molar-refractivity contribution is -0.117. The van der Waals surface area contributed by atoms with E-state index in [2.05, 4.69) is 27.4 Å². The van der Waals surface area contributed by atoms with Crippen LogP contribution in [0.2, 0.25) is 0 Å². The van der Waals surface area contributed by atoms with Crippen molar-refractivity contribution in [3.63, 3.8) is 0 Å². The van der Waals surface area contributed by atoms with Gasteiger partial charge in [0.25, 0.3) is 0 Å². The second kappa shape index (κ2) is 9.87. The zero-order valence-electron chi connectivity index (χ0n) is 19.4. The summed E-state index contributed by atoms with van der Waals surface area (Å²) in [6, 6.07) is 9.47.